The molecule has 0 spiro atoms. The van der Waals surface area contributed by atoms with Crippen LogP contribution in [0.1, 0.15) is 12.5 Å². The lowest BCUT2D eigenvalue weighted by molar-refractivity contribution is -0.156. The van der Waals surface area contributed by atoms with Crippen LogP contribution in [0.4, 0.5) is 0 Å². The van der Waals surface area contributed by atoms with Crippen LogP contribution in [0.25, 0.3) is 0 Å². The highest BCUT2D eigenvalue weighted by molar-refractivity contribution is 5.72. The van der Waals surface area contributed by atoms with E-state index in [4.69, 9.17) is 14.6 Å². The van der Waals surface area contributed by atoms with Crippen molar-refractivity contribution in [2.75, 3.05) is 26.3 Å². The number of aliphatic carboxylic acids is 1. The second kappa shape index (κ2) is 6.58. The summed E-state index contributed by atoms with van der Waals surface area (Å²) in [6, 6.07) is 5.18. The van der Waals surface area contributed by atoms with Gasteiger partial charge in [0.2, 0.25) is 0 Å². The molecule has 1 saturated heterocycles. The van der Waals surface area contributed by atoms with Gasteiger partial charge in [0.25, 0.3) is 0 Å². The van der Waals surface area contributed by atoms with E-state index in [0.717, 1.165) is 5.56 Å². The number of hydrogen-bond donors (Lipinski definition) is 2. The summed E-state index contributed by atoms with van der Waals surface area (Å²) < 4.78 is 10.5. The highest BCUT2D eigenvalue weighted by Crippen LogP contribution is 2.27. The second-order valence-electron chi connectivity index (χ2n) is 4.67. The molecule has 1 aromatic carbocycles. The van der Waals surface area contributed by atoms with Crippen molar-refractivity contribution in [3.8, 4) is 11.5 Å². The monoisotopic (exact) mass is 281 g/mol. The predicted octanol–water partition coefficient (Wildman–Crippen LogP) is 1.08. The van der Waals surface area contributed by atoms with Crippen LogP contribution in [0.15, 0.2) is 18.2 Å². The molecule has 2 N–H and O–H groups in total. The number of carboxylic acid groups (broad SMARTS) is 1. The van der Waals surface area contributed by atoms with Crippen molar-refractivity contribution in [2.45, 2.75) is 19.6 Å². The molecular formula is C14H19NO5. The van der Waals surface area contributed by atoms with Gasteiger partial charge in [-0.2, -0.15) is 0 Å². The Balaban J connectivity index is 2.02. The van der Waals surface area contributed by atoms with Gasteiger partial charge >= 0.3 is 5.97 Å². The molecule has 1 aliphatic rings. The number of carboxylic acids is 1. The maximum Gasteiger partial charge on any atom is 0.334 e. The van der Waals surface area contributed by atoms with Gasteiger partial charge in [0.05, 0.1) is 13.2 Å². The van der Waals surface area contributed by atoms with Crippen molar-refractivity contribution >= 4 is 5.97 Å². The SMILES string of the molecule is CCOc1cc(CN2CCOC(C(=O)O)C2)ccc1O. The van der Waals surface area contributed by atoms with Crippen LogP contribution in [0.2, 0.25) is 0 Å². The summed E-state index contributed by atoms with van der Waals surface area (Å²) >= 11 is 0. The molecule has 0 bridgehead atoms. The van der Waals surface area contributed by atoms with Crippen LogP contribution in [0, 0.1) is 0 Å². The Morgan fingerprint density at radius 3 is 3.05 bits per heavy atom. The minimum atomic E-state index is -0.935. The molecule has 1 unspecified atom stereocenters. The standard InChI is InChI=1S/C14H19NO5/c1-2-19-12-7-10(3-4-11(12)16)8-15-5-6-20-13(9-15)14(17)18/h3-4,7,13,16H,2,5-6,8-9H2,1H3,(H,17,18). The van der Waals surface area contributed by atoms with E-state index in [1.807, 2.05) is 17.9 Å². The number of rotatable bonds is 5. The Morgan fingerprint density at radius 1 is 1.55 bits per heavy atom. The number of carbonyl (C=O) groups is 1. The van der Waals surface area contributed by atoms with Crippen molar-refractivity contribution in [1.29, 1.82) is 0 Å². The molecule has 1 aliphatic heterocycles. The van der Waals surface area contributed by atoms with E-state index in [2.05, 4.69) is 0 Å². The van der Waals surface area contributed by atoms with Gasteiger partial charge in [-0.3, -0.25) is 4.90 Å². The normalized spacial score (nSPS) is 19.8. The van der Waals surface area contributed by atoms with E-state index < -0.39 is 12.1 Å². The quantitative estimate of drug-likeness (QED) is 0.840. The second-order valence-corrected chi connectivity index (χ2v) is 4.67. The number of benzene rings is 1. The molecule has 0 aliphatic carbocycles. The van der Waals surface area contributed by atoms with E-state index >= 15 is 0 Å². The summed E-state index contributed by atoms with van der Waals surface area (Å²) in [5.74, 6) is -0.371. The lowest BCUT2D eigenvalue weighted by atomic mass is 10.1. The van der Waals surface area contributed by atoms with Gasteiger partial charge in [-0.15, -0.1) is 0 Å². The zero-order valence-electron chi connectivity index (χ0n) is 11.4. The summed E-state index contributed by atoms with van der Waals surface area (Å²) in [6.45, 7) is 4.40. The van der Waals surface area contributed by atoms with Crippen molar-refractivity contribution < 1.29 is 24.5 Å². The number of phenolic OH excluding ortho intramolecular Hbond substituents is 1. The molecule has 0 radical (unpaired) electrons. The Kier molecular flexibility index (Phi) is 4.81. The molecule has 6 nitrogen and oxygen atoms in total. The fourth-order valence-electron chi connectivity index (χ4n) is 2.18. The zero-order chi connectivity index (χ0) is 14.5. The summed E-state index contributed by atoms with van der Waals surface area (Å²) in [6.07, 6.45) is -0.771. The Bertz CT molecular complexity index is 477. The van der Waals surface area contributed by atoms with Gasteiger partial charge in [-0.05, 0) is 24.6 Å². The van der Waals surface area contributed by atoms with E-state index in [9.17, 15) is 9.90 Å². The molecular weight excluding hydrogens is 262 g/mol. The van der Waals surface area contributed by atoms with Crippen molar-refractivity contribution in [3.63, 3.8) is 0 Å². The predicted molar refractivity (Wildman–Crippen MR) is 71.9 cm³/mol. The average Bonchev–Trinajstić information content (AvgIpc) is 2.43. The minimum absolute atomic E-state index is 0.112. The average molecular weight is 281 g/mol. The number of nitrogens with zero attached hydrogens (tertiary/aromatic N) is 1. The lowest BCUT2D eigenvalue weighted by Gasteiger charge is -2.30. The first kappa shape index (κ1) is 14.6. The first-order chi connectivity index (χ1) is 9.60. The third kappa shape index (κ3) is 3.61. The Hall–Kier alpha value is -1.79. The van der Waals surface area contributed by atoms with Gasteiger partial charge in [0.1, 0.15) is 0 Å². The van der Waals surface area contributed by atoms with E-state index in [1.54, 1.807) is 12.1 Å². The Morgan fingerprint density at radius 2 is 2.35 bits per heavy atom. The molecule has 1 heterocycles. The fraction of sp³-hybridized carbons (Fsp3) is 0.500. The first-order valence-corrected chi connectivity index (χ1v) is 6.61. The molecule has 1 aromatic rings. The van der Waals surface area contributed by atoms with Crippen LogP contribution in [0.3, 0.4) is 0 Å². The summed E-state index contributed by atoms with van der Waals surface area (Å²) in [4.78, 5) is 12.9. The van der Waals surface area contributed by atoms with Gasteiger partial charge < -0.3 is 19.7 Å². The van der Waals surface area contributed by atoms with Crippen LogP contribution in [-0.2, 0) is 16.1 Å². The topological polar surface area (TPSA) is 79.2 Å². The molecule has 0 aromatic heterocycles. The van der Waals surface area contributed by atoms with Crippen LogP contribution < -0.4 is 4.74 Å². The molecule has 110 valence electrons. The smallest absolute Gasteiger partial charge is 0.334 e. The van der Waals surface area contributed by atoms with Crippen molar-refractivity contribution in [1.82, 2.24) is 4.90 Å². The highest BCUT2D eigenvalue weighted by atomic mass is 16.5. The third-order valence-corrected chi connectivity index (χ3v) is 3.16. The summed E-state index contributed by atoms with van der Waals surface area (Å²) in [5.41, 5.74) is 0.970. The number of aromatic hydroxyl groups is 1. The molecule has 2 rings (SSSR count). The largest absolute Gasteiger partial charge is 0.504 e. The molecule has 0 saturated carbocycles. The highest BCUT2D eigenvalue weighted by Gasteiger charge is 2.26. The first-order valence-electron chi connectivity index (χ1n) is 6.61. The summed E-state index contributed by atoms with van der Waals surface area (Å²) in [5, 5.41) is 18.6. The molecule has 1 fully saturated rings. The molecule has 0 amide bonds. The summed E-state index contributed by atoms with van der Waals surface area (Å²) in [7, 11) is 0. The molecule has 1 atom stereocenters. The number of hydrogen-bond acceptors (Lipinski definition) is 5. The van der Waals surface area contributed by atoms with Crippen LogP contribution >= 0.6 is 0 Å². The third-order valence-electron chi connectivity index (χ3n) is 3.16. The maximum absolute atomic E-state index is 10.9. The van der Waals surface area contributed by atoms with Gasteiger partial charge in [0.15, 0.2) is 17.6 Å². The maximum atomic E-state index is 10.9. The van der Waals surface area contributed by atoms with Gasteiger partial charge in [0, 0.05) is 19.6 Å². The van der Waals surface area contributed by atoms with Gasteiger partial charge in [-0.25, -0.2) is 4.79 Å². The molecule has 6 heteroatoms. The molecule has 20 heavy (non-hydrogen) atoms. The van der Waals surface area contributed by atoms with Crippen LogP contribution in [-0.4, -0.2) is 53.5 Å². The van der Waals surface area contributed by atoms with E-state index in [1.165, 1.54) is 0 Å². The lowest BCUT2D eigenvalue weighted by Crippen LogP contribution is -2.45. The fourth-order valence-corrected chi connectivity index (χ4v) is 2.18. The van der Waals surface area contributed by atoms with Crippen LogP contribution in [0.5, 0.6) is 11.5 Å². The Labute approximate surface area is 117 Å². The number of morpholine rings is 1. The van der Waals surface area contributed by atoms with Crippen molar-refractivity contribution in [3.05, 3.63) is 23.8 Å². The number of ether oxygens (including phenoxy) is 2. The van der Waals surface area contributed by atoms with E-state index in [-0.39, 0.29) is 5.75 Å². The van der Waals surface area contributed by atoms with Gasteiger partial charge in [-0.1, -0.05) is 6.07 Å². The van der Waals surface area contributed by atoms with E-state index in [0.29, 0.717) is 38.6 Å². The minimum Gasteiger partial charge on any atom is -0.504 e. The number of phenols is 1. The zero-order valence-corrected chi connectivity index (χ0v) is 11.4. The van der Waals surface area contributed by atoms with Crippen molar-refractivity contribution in [2.24, 2.45) is 0 Å².